The molecular formula is C28H32FN. The summed E-state index contributed by atoms with van der Waals surface area (Å²) in [5.74, 6) is -0.182. The number of halogens is 1. The fraction of sp³-hybridized carbons (Fsp3) is 0.214. The van der Waals surface area contributed by atoms with Gasteiger partial charge in [-0.15, -0.1) is 12.8 Å². The lowest BCUT2D eigenvalue weighted by Crippen LogP contribution is -2.16. The highest BCUT2D eigenvalue weighted by molar-refractivity contribution is 5.53. The van der Waals surface area contributed by atoms with Crippen LogP contribution in [0.2, 0.25) is 0 Å². The zero-order valence-electron chi connectivity index (χ0n) is 18.5. The maximum absolute atomic E-state index is 13.4. The van der Waals surface area contributed by atoms with E-state index in [9.17, 15) is 4.39 Å². The molecule has 0 aliphatic heterocycles. The smallest absolute Gasteiger partial charge is 0.126 e. The maximum atomic E-state index is 13.4. The standard InChI is InChI=1S/C26H30FN.C2H2/c1-6-9-22(7-2)17-24-10-8-11-25(18-24)21(5)28-20(4)12-13-23-14-15-26(27)19(3)16-23;1-2/h6-16,18,21,28H,4,17H2,1-3,5H3;1-2H/b9-6-,13-12+,22-7+;. The van der Waals surface area contributed by atoms with Crippen LogP contribution in [0.25, 0.3) is 6.08 Å². The fourth-order valence-electron chi connectivity index (χ4n) is 3.06. The number of benzene rings is 2. The van der Waals surface area contributed by atoms with Crippen LogP contribution in [0.15, 0.2) is 84.6 Å². The molecular weight excluding hydrogens is 369 g/mol. The average Bonchev–Trinajstić information content (AvgIpc) is 2.76. The van der Waals surface area contributed by atoms with Crippen molar-refractivity contribution in [3.05, 3.63) is 113 Å². The molecule has 30 heavy (non-hydrogen) atoms. The first-order valence-corrected chi connectivity index (χ1v) is 10.0. The highest BCUT2D eigenvalue weighted by atomic mass is 19.1. The van der Waals surface area contributed by atoms with E-state index in [-0.39, 0.29) is 11.9 Å². The molecule has 156 valence electrons. The van der Waals surface area contributed by atoms with Crippen molar-refractivity contribution >= 4 is 6.08 Å². The zero-order chi connectivity index (χ0) is 22.5. The molecule has 1 unspecified atom stereocenters. The Morgan fingerprint density at radius 3 is 2.50 bits per heavy atom. The first kappa shape index (κ1) is 24.7. The number of hydrogen-bond donors (Lipinski definition) is 1. The second kappa shape index (κ2) is 13.0. The van der Waals surface area contributed by atoms with E-state index >= 15 is 0 Å². The summed E-state index contributed by atoms with van der Waals surface area (Å²) in [5, 5.41) is 3.43. The third kappa shape index (κ3) is 7.97. The summed E-state index contributed by atoms with van der Waals surface area (Å²) in [7, 11) is 0. The highest BCUT2D eigenvalue weighted by Crippen LogP contribution is 2.19. The molecule has 0 amide bonds. The molecule has 0 aliphatic carbocycles. The van der Waals surface area contributed by atoms with E-state index < -0.39 is 0 Å². The largest absolute Gasteiger partial charge is 0.379 e. The minimum absolute atomic E-state index is 0.142. The van der Waals surface area contributed by atoms with Gasteiger partial charge in [-0.1, -0.05) is 61.2 Å². The van der Waals surface area contributed by atoms with Crippen molar-refractivity contribution in [2.75, 3.05) is 0 Å². The van der Waals surface area contributed by atoms with E-state index in [1.54, 1.807) is 13.0 Å². The minimum Gasteiger partial charge on any atom is -0.379 e. The maximum Gasteiger partial charge on any atom is 0.126 e. The Bertz CT molecular complexity index is 944. The predicted molar refractivity (Wildman–Crippen MR) is 129 cm³/mol. The van der Waals surface area contributed by atoms with Gasteiger partial charge < -0.3 is 5.32 Å². The van der Waals surface area contributed by atoms with Crippen LogP contribution in [0, 0.1) is 25.6 Å². The number of nitrogens with one attached hydrogen (secondary N) is 1. The van der Waals surface area contributed by atoms with Gasteiger partial charge in [0.1, 0.15) is 5.82 Å². The summed E-state index contributed by atoms with van der Waals surface area (Å²) in [4.78, 5) is 0. The number of aryl methyl sites for hydroxylation is 1. The zero-order valence-corrected chi connectivity index (χ0v) is 18.5. The Kier molecular flexibility index (Phi) is 10.7. The van der Waals surface area contributed by atoms with Crippen molar-refractivity contribution in [3.8, 4) is 12.8 Å². The van der Waals surface area contributed by atoms with Crippen LogP contribution in [0.4, 0.5) is 4.39 Å². The molecule has 0 radical (unpaired) electrons. The second-order valence-corrected chi connectivity index (χ2v) is 7.02. The molecule has 1 atom stereocenters. The van der Waals surface area contributed by atoms with Gasteiger partial charge in [0.05, 0.1) is 0 Å². The Hall–Kier alpha value is -3.31. The third-order valence-corrected chi connectivity index (χ3v) is 4.67. The van der Waals surface area contributed by atoms with E-state index in [4.69, 9.17) is 0 Å². The van der Waals surface area contributed by atoms with Crippen LogP contribution in [0.5, 0.6) is 0 Å². The summed E-state index contributed by atoms with van der Waals surface area (Å²) in [6.07, 6.45) is 19.2. The monoisotopic (exact) mass is 401 g/mol. The Morgan fingerprint density at radius 2 is 1.87 bits per heavy atom. The number of allylic oxidation sites excluding steroid dienone is 5. The van der Waals surface area contributed by atoms with Crippen molar-refractivity contribution in [2.24, 2.45) is 0 Å². The van der Waals surface area contributed by atoms with Crippen LogP contribution >= 0.6 is 0 Å². The van der Waals surface area contributed by atoms with Gasteiger partial charge in [0, 0.05) is 11.7 Å². The average molecular weight is 402 g/mol. The van der Waals surface area contributed by atoms with Gasteiger partial charge in [-0.3, -0.25) is 0 Å². The van der Waals surface area contributed by atoms with Crippen LogP contribution in [-0.2, 0) is 6.42 Å². The molecule has 2 aromatic rings. The lowest BCUT2D eigenvalue weighted by molar-refractivity contribution is 0.618. The van der Waals surface area contributed by atoms with Gasteiger partial charge >= 0.3 is 0 Å². The molecule has 0 fully saturated rings. The van der Waals surface area contributed by atoms with Gasteiger partial charge in [-0.2, -0.15) is 0 Å². The Balaban J connectivity index is 0.00000218. The molecule has 0 spiro atoms. The molecule has 0 saturated carbocycles. The minimum atomic E-state index is -0.182. The van der Waals surface area contributed by atoms with Gasteiger partial charge in [0.15, 0.2) is 0 Å². The van der Waals surface area contributed by atoms with Crippen LogP contribution in [0.3, 0.4) is 0 Å². The van der Waals surface area contributed by atoms with Gasteiger partial charge in [0.25, 0.3) is 0 Å². The van der Waals surface area contributed by atoms with E-state index in [0.717, 1.165) is 17.7 Å². The summed E-state index contributed by atoms with van der Waals surface area (Å²) >= 11 is 0. The van der Waals surface area contributed by atoms with Crippen molar-refractivity contribution < 1.29 is 4.39 Å². The summed E-state index contributed by atoms with van der Waals surface area (Å²) in [6, 6.07) is 13.9. The summed E-state index contributed by atoms with van der Waals surface area (Å²) in [6.45, 7) is 12.1. The predicted octanol–water partition coefficient (Wildman–Crippen LogP) is 7.33. The molecule has 0 saturated heterocycles. The van der Waals surface area contributed by atoms with Crippen molar-refractivity contribution in [1.29, 1.82) is 0 Å². The topological polar surface area (TPSA) is 12.0 Å². The van der Waals surface area contributed by atoms with E-state index in [1.165, 1.54) is 22.8 Å². The number of hydrogen-bond acceptors (Lipinski definition) is 1. The number of terminal acetylenes is 1. The lowest BCUT2D eigenvalue weighted by atomic mass is 9.99. The molecule has 2 aromatic carbocycles. The molecule has 1 nitrogen and oxygen atoms in total. The molecule has 0 aromatic heterocycles. The Morgan fingerprint density at radius 1 is 1.13 bits per heavy atom. The molecule has 2 heteroatoms. The van der Waals surface area contributed by atoms with Crippen LogP contribution in [-0.4, -0.2) is 0 Å². The quantitative estimate of drug-likeness (QED) is 0.361. The highest BCUT2D eigenvalue weighted by Gasteiger charge is 2.06. The first-order chi connectivity index (χ1) is 14.4. The van der Waals surface area contributed by atoms with Crippen molar-refractivity contribution in [2.45, 2.75) is 40.2 Å². The van der Waals surface area contributed by atoms with E-state index in [2.05, 4.69) is 81.1 Å². The van der Waals surface area contributed by atoms with Crippen LogP contribution < -0.4 is 5.32 Å². The normalized spacial score (nSPS) is 12.4. The SMILES string of the molecule is C#C.C=C(/C=C/c1ccc(F)c(C)c1)NC(C)c1cccc(CC(/C=C\C)=C/C)c1. The fourth-order valence-corrected chi connectivity index (χ4v) is 3.06. The third-order valence-electron chi connectivity index (χ3n) is 4.67. The molecule has 2 rings (SSSR count). The molecule has 0 aliphatic rings. The van der Waals surface area contributed by atoms with E-state index in [0.29, 0.717) is 5.56 Å². The first-order valence-electron chi connectivity index (χ1n) is 10.0. The summed E-state index contributed by atoms with van der Waals surface area (Å²) < 4.78 is 13.4. The van der Waals surface area contributed by atoms with Crippen molar-refractivity contribution in [3.63, 3.8) is 0 Å². The summed E-state index contributed by atoms with van der Waals surface area (Å²) in [5.41, 5.74) is 6.25. The van der Waals surface area contributed by atoms with E-state index in [1.807, 2.05) is 25.1 Å². The lowest BCUT2D eigenvalue weighted by Gasteiger charge is -2.17. The second-order valence-electron chi connectivity index (χ2n) is 7.02. The number of rotatable bonds is 8. The van der Waals surface area contributed by atoms with Gasteiger partial charge in [0.2, 0.25) is 0 Å². The molecule has 1 N–H and O–H groups in total. The van der Waals surface area contributed by atoms with Gasteiger partial charge in [-0.05, 0) is 80.2 Å². The Labute approximate surface area is 181 Å². The molecule has 0 heterocycles. The van der Waals surface area contributed by atoms with Gasteiger partial charge in [-0.25, -0.2) is 4.39 Å². The van der Waals surface area contributed by atoms with Crippen LogP contribution in [0.1, 0.15) is 49.1 Å². The molecule has 0 bridgehead atoms. The van der Waals surface area contributed by atoms with Crippen molar-refractivity contribution in [1.82, 2.24) is 5.32 Å².